The Kier molecular flexibility index (Phi) is 7.68. The smallest absolute Gasteiger partial charge is 0.336 e. The second kappa shape index (κ2) is 10.3. The van der Waals surface area contributed by atoms with Crippen LogP contribution in [0, 0.1) is 0 Å². The minimum absolute atomic E-state index is 0.119. The first-order chi connectivity index (χ1) is 15.5. The maximum absolute atomic E-state index is 12.0. The molecule has 0 aliphatic carbocycles. The van der Waals surface area contributed by atoms with E-state index in [0.717, 1.165) is 10.9 Å². The number of hydrogen-bond donors (Lipinski definition) is 0. The van der Waals surface area contributed by atoms with Crippen molar-refractivity contribution in [2.24, 2.45) is 0 Å². The molecule has 0 saturated carbocycles. The molecule has 33 heavy (non-hydrogen) atoms. The number of carbonyl (C=O) groups is 3. The Morgan fingerprint density at radius 3 is 2.21 bits per heavy atom. The summed E-state index contributed by atoms with van der Waals surface area (Å²) < 4.78 is 27.5. The van der Waals surface area contributed by atoms with Gasteiger partial charge in [0, 0.05) is 44.0 Å². The maximum Gasteiger partial charge on any atom is 0.336 e. The van der Waals surface area contributed by atoms with Crippen LogP contribution in [-0.2, 0) is 28.6 Å². The van der Waals surface area contributed by atoms with Gasteiger partial charge in [0.2, 0.25) is 0 Å². The molecule has 1 saturated heterocycles. The average Bonchev–Trinajstić information content (AvgIpc) is 2.70. The van der Waals surface area contributed by atoms with Gasteiger partial charge in [0.05, 0.1) is 0 Å². The first-order valence-corrected chi connectivity index (χ1v) is 11.5. The predicted octanol–water partition coefficient (Wildman–Crippen LogP) is 3.16. The zero-order valence-corrected chi connectivity index (χ0v) is 19.8. The molecule has 1 aromatic heterocycles. The van der Waals surface area contributed by atoms with Crippen LogP contribution in [0.15, 0.2) is 33.5 Å². The van der Waals surface area contributed by atoms with E-state index in [1.54, 1.807) is 18.2 Å². The van der Waals surface area contributed by atoms with Gasteiger partial charge in [-0.1, -0.05) is 13.8 Å². The van der Waals surface area contributed by atoms with Crippen molar-refractivity contribution in [2.75, 3.05) is 5.75 Å². The lowest BCUT2D eigenvalue weighted by Crippen LogP contribution is -2.55. The van der Waals surface area contributed by atoms with E-state index in [4.69, 9.17) is 23.4 Å². The minimum atomic E-state index is -1.05. The number of hydrogen-bond acceptors (Lipinski definition) is 10. The molecule has 1 aromatic carbocycles. The van der Waals surface area contributed by atoms with Crippen molar-refractivity contribution in [3.8, 4) is 5.75 Å². The second-order valence-corrected chi connectivity index (χ2v) is 9.08. The highest BCUT2D eigenvalue weighted by Crippen LogP contribution is 2.35. The fraction of sp³-hybridized carbons (Fsp3) is 0.478. The van der Waals surface area contributed by atoms with Gasteiger partial charge in [-0.25, -0.2) is 4.79 Å². The number of esters is 3. The highest BCUT2D eigenvalue weighted by atomic mass is 32.2. The van der Waals surface area contributed by atoms with E-state index in [9.17, 15) is 19.2 Å². The molecule has 0 spiro atoms. The van der Waals surface area contributed by atoms with Crippen molar-refractivity contribution >= 4 is 40.6 Å². The van der Waals surface area contributed by atoms with Crippen molar-refractivity contribution in [2.45, 2.75) is 64.3 Å². The molecule has 2 aromatic rings. The van der Waals surface area contributed by atoms with Crippen LogP contribution in [0.25, 0.3) is 11.0 Å². The predicted molar refractivity (Wildman–Crippen MR) is 120 cm³/mol. The van der Waals surface area contributed by atoms with Crippen LogP contribution >= 0.6 is 11.8 Å². The van der Waals surface area contributed by atoms with Gasteiger partial charge in [0.25, 0.3) is 0 Å². The third-order valence-electron chi connectivity index (χ3n) is 4.93. The molecular formula is C23H26O9S. The largest absolute Gasteiger partial charge is 0.476 e. The van der Waals surface area contributed by atoms with Crippen LogP contribution in [-0.4, -0.2) is 47.4 Å². The quantitative estimate of drug-likeness (QED) is 0.348. The molecule has 0 radical (unpaired) electrons. The monoisotopic (exact) mass is 478 g/mol. The summed E-state index contributed by atoms with van der Waals surface area (Å²) >= 11 is 1.25. The Hall–Kier alpha value is -3.01. The first-order valence-electron chi connectivity index (χ1n) is 10.4. The van der Waals surface area contributed by atoms with Crippen LogP contribution < -0.4 is 10.4 Å². The Bertz CT molecular complexity index is 1110. The zero-order valence-electron chi connectivity index (χ0n) is 19.0. The van der Waals surface area contributed by atoms with Gasteiger partial charge in [-0.05, 0) is 23.6 Å². The minimum Gasteiger partial charge on any atom is -0.476 e. The molecule has 0 amide bonds. The Morgan fingerprint density at radius 1 is 0.970 bits per heavy atom. The van der Waals surface area contributed by atoms with Crippen LogP contribution in [0.1, 0.15) is 46.1 Å². The molecule has 3 rings (SSSR count). The van der Waals surface area contributed by atoms with Gasteiger partial charge in [-0.15, -0.1) is 11.8 Å². The lowest BCUT2D eigenvalue weighted by molar-refractivity contribution is -0.186. The van der Waals surface area contributed by atoms with Gasteiger partial charge in [0.15, 0.2) is 23.7 Å². The molecule has 0 N–H and O–H groups in total. The molecule has 1 aliphatic heterocycles. The van der Waals surface area contributed by atoms with Crippen LogP contribution in [0.3, 0.4) is 0 Å². The summed E-state index contributed by atoms with van der Waals surface area (Å²) in [5.74, 6) is -1.04. The fourth-order valence-electron chi connectivity index (χ4n) is 3.66. The number of ether oxygens (including phenoxy) is 4. The SMILES string of the molecule is CC(=O)O[C@@H]1[C@@H](OC(C)=O)[C@H](OC(C)=O)CS[C@H]1Oc1ccc2c(C(C)C)cc(=O)oc2c1. The Labute approximate surface area is 194 Å². The van der Waals surface area contributed by atoms with E-state index in [1.807, 2.05) is 13.8 Å². The van der Waals surface area contributed by atoms with Gasteiger partial charge in [-0.3, -0.25) is 14.4 Å². The van der Waals surface area contributed by atoms with Gasteiger partial charge < -0.3 is 23.4 Å². The number of rotatable bonds is 6. The van der Waals surface area contributed by atoms with Crippen molar-refractivity contribution in [1.29, 1.82) is 0 Å². The lowest BCUT2D eigenvalue weighted by Gasteiger charge is -2.39. The van der Waals surface area contributed by atoms with Gasteiger partial charge in [0.1, 0.15) is 11.3 Å². The second-order valence-electron chi connectivity index (χ2n) is 7.95. The first kappa shape index (κ1) is 24.6. The van der Waals surface area contributed by atoms with E-state index in [2.05, 4.69) is 0 Å². The van der Waals surface area contributed by atoms with Crippen LogP contribution in [0.5, 0.6) is 5.75 Å². The van der Waals surface area contributed by atoms with Crippen LogP contribution in [0.4, 0.5) is 0 Å². The summed E-state index contributed by atoms with van der Waals surface area (Å²) in [4.78, 5) is 47.0. The van der Waals surface area contributed by atoms with Crippen LogP contribution in [0.2, 0.25) is 0 Å². The maximum atomic E-state index is 12.0. The zero-order chi connectivity index (χ0) is 24.3. The molecule has 10 heteroatoms. The summed E-state index contributed by atoms with van der Waals surface area (Å²) in [6.45, 7) is 7.64. The highest BCUT2D eigenvalue weighted by molar-refractivity contribution is 7.99. The molecule has 2 heterocycles. The van der Waals surface area contributed by atoms with E-state index in [0.29, 0.717) is 11.3 Å². The third-order valence-corrected chi connectivity index (χ3v) is 6.14. The topological polar surface area (TPSA) is 118 Å². The summed E-state index contributed by atoms with van der Waals surface area (Å²) in [5.41, 5.74) is -0.0190. The number of thioether (sulfide) groups is 1. The Morgan fingerprint density at radius 2 is 1.61 bits per heavy atom. The third kappa shape index (κ3) is 6.07. The van der Waals surface area contributed by atoms with Crippen molar-refractivity contribution < 1.29 is 37.7 Å². The van der Waals surface area contributed by atoms with Gasteiger partial charge >= 0.3 is 23.5 Å². The van der Waals surface area contributed by atoms with E-state index < -0.39 is 47.3 Å². The highest BCUT2D eigenvalue weighted by Gasteiger charge is 2.47. The summed E-state index contributed by atoms with van der Waals surface area (Å²) in [5, 5.41) is 0.789. The van der Waals surface area contributed by atoms with E-state index >= 15 is 0 Å². The van der Waals surface area contributed by atoms with Crippen molar-refractivity contribution in [1.82, 2.24) is 0 Å². The molecule has 1 aliphatic rings. The number of benzene rings is 1. The molecule has 178 valence electrons. The van der Waals surface area contributed by atoms with E-state index in [1.165, 1.54) is 38.6 Å². The molecule has 9 nitrogen and oxygen atoms in total. The lowest BCUT2D eigenvalue weighted by atomic mass is 10.00. The Balaban J connectivity index is 1.94. The average molecular weight is 479 g/mol. The standard InChI is InChI=1S/C23H26O9S/c1-11(2)17-9-20(27)32-18-8-15(6-7-16(17)18)31-23-22(30-14(5)26)21(29-13(4)25)19(10-33-23)28-12(3)24/h6-9,11,19,21-23H,10H2,1-5H3/t19-,21+,22-,23-/m1/s1. The van der Waals surface area contributed by atoms with E-state index in [-0.39, 0.29) is 11.7 Å². The van der Waals surface area contributed by atoms with Gasteiger partial charge in [-0.2, -0.15) is 0 Å². The summed E-state index contributed by atoms with van der Waals surface area (Å²) in [6, 6.07) is 6.58. The van der Waals surface area contributed by atoms with Crippen molar-refractivity contribution in [3.63, 3.8) is 0 Å². The normalized spacial score (nSPS) is 22.6. The van der Waals surface area contributed by atoms with Crippen molar-refractivity contribution in [3.05, 3.63) is 40.2 Å². The molecule has 0 bridgehead atoms. The molecular weight excluding hydrogens is 452 g/mol. The number of carbonyl (C=O) groups excluding carboxylic acids is 3. The molecule has 1 fully saturated rings. The fourth-order valence-corrected chi connectivity index (χ4v) is 4.88. The summed E-state index contributed by atoms with van der Waals surface area (Å²) in [6.07, 6.45) is -2.91. The molecule has 4 atom stereocenters. The molecule has 0 unspecified atom stereocenters. The number of fused-ring (bicyclic) bond motifs is 1. The summed E-state index contributed by atoms with van der Waals surface area (Å²) in [7, 11) is 0.